The highest BCUT2D eigenvalue weighted by atomic mass is 16.6. The Morgan fingerprint density at radius 2 is 0.884 bits per heavy atom. The Bertz CT molecular complexity index is 971. The van der Waals surface area contributed by atoms with Gasteiger partial charge in [-0.05, 0) is 36.8 Å². The van der Waals surface area contributed by atoms with E-state index in [0.29, 0.717) is 52.1 Å². The SMILES string of the molecule is O=C(CCCCCNC(=O)OCc1ccccc1)NCCNCCNC(=O)CCCCCNC(=O)OCc1ccccc1. The van der Waals surface area contributed by atoms with E-state index in [1.165, 1.54) is 0 Å². The van der Waals surface area contributed by atoms with Crippen LogP contribution in [0.3, 0.4) is 0 Å². The predicted octanol–water partition coefficient (Wildman–Crippen LogP) is 3.78. The van der Waals surface area contributed by atoms with Crippen molar-refractivity contribution in [2.24, 2.45) is 0 Å². The topological polar surface area (TPSA) is 147 Å². The minimum Gasteiger partial charge on any atom is -0.445 e. The molecule has 0 aliphatic carbocycles. The lowest BCUT2D eigenvalue weighted by Gasteiger charge is -2.09. The van der Waals surface area contributed by atoms with E-state index in [0.717, 1.165) is 49.7 Å². The summed E-state index contributed by atoms with van der Waals surface area (Å²) >= 11 is 0. The zero-order valence-corrected chi connectivity index (χ0v) is 25.0. The van der Waals surface area contributed by atoms with Crippen LogP contribution in [-0.2, 0) is 32.3 Å². The summed E-state index contributed by atoms with van der Waals surface area (Å²) in [6.07, 6.45) is 4.77. The molecule has 0 atom stereocenters. The molecule has 0 aromatic heterocycles. The highest BCUT2D eigenvalue weighted by molar-refractivity contribution is 5.76. The first-order valence-electron chi connectivity index (χ1n) is 15.2. The maximum atomic E-state index is 12.0. The highest BCUT2D eigenvalue weighted by Crippen LogP contribution is 2.03. The van der Waals surface area contributed by atoms with Crippen molar-refractivity contribution in [3.8, 4) is 0 Å². The molecule has 0 spiro atoms. The molecule has 11 nitrogen and oxygen atoms in total. The van der Waals surface area contributed by atoms with Gasteiger partial charge in [0, 0.05) is 52.1 Å². The Hall–Kier alpha value is -4.12. The van der Waals surface area contributed by atoms with Crippen molar-refractivity contribution < 1.29 is 28.7 Å². The first-order chi connectivity index (χ1) is 21.0. The Kier molecular flexibility index (Phi) is 19.1. The van der Waals surface area contributed by atoms with Gasteiger partial charge in [0.15, 0.2) is 0 Å². The number of amides is 4. The van der Waals surface area contributed by atoms with Crippen LogP contribution in [0.5, 0.6) is 0 Å². The average molecular weight is 598 g/mol. The van der Waals surface area contributed by atoms with Crippen molar-refractivity contribution >= 4 is 24.0 Å². The fourth-order valence-corrected chi connectivity index (χ4v) is 3.99. The van der Waals surface area contributed by atoms with E-state index >= 15 is 0 Å². The zero-order valence-electron chi connectivity index (χ0n) is 25.0. The van der Waals surface area contributed by atoms with Crippen molar-refractivity contribution in [1.29, 1.82) is 0 Å². The van der Waals surface area contributed by atoms with Crippen LogP contribution in [0.4, 0.5) is 9.59 Å². The van der Waals surface area contributed by atoms with Crippen LogP contribution < -0.4 is 26.6 Å². The summed E-state index contributed by atoms with van der Waals surface area (Å²) in [5.74, 6) is 0.00854. The quantitative estimate of drug-likeness (QED) is 0.130. The summed E-state index contributed by atoms with van der Waals surface area (Å²) in [5, 5.41) is 14.4. The molecule has 0 unspecified atom stereocenters. The third-order valence-corrected chi connectivity index (χ3v) is 6.37. The minimum atomic E-state index is -0.436. The molecule has 0 saturated carbocycles. The Balaban J connectivity index is 1.29. The number of ether oxygens (including phenoxy) is 2. The summed E-state index contributed by atoms with van der Waals surface area (Å²) in [4.78, 5) is 47.3. The van der Waals surface area contributed by atoms with E-state index in [4.69, 9.17) is 9.47 Å². The Morgan fingerprint density at radius 3 is 1.30 bits per heavy atom. The molecule has 2 aromatic carbocycles. The molecular weight excluding hydrogens is 550 g/mol. The molecule has 0 bridgehead atoms. The van der Waals surface area contributed by atoms with Crippen LogP contribution in [0.25, 0.3) is 0 Å². The summed E-state index contributed by atoms with van der Waals surface area (Å²) < 4.78 is 10.3. The molecule has 0 fully saturated rings. The summed E-state index contributed by atoms with van der Waals surface area (Å²) in [7, 11) is 0. The second kappa shape index (κ2) is 23.4. The van der Waals surface area contributed by atoms with Gasteiger partial charge >= 0.3 is 12.2 Å². The van der Waals surface area contributed by atoms with Crippen LogP contribution >= 0.6 is 0 Å². The number of unbranched alkanes of at least 4 members (excludes halogenated alkanes) is 4. The monoisotopic (exact) mass is 597 g/mol. The molecule has 0 aliphatic rings. The van der Waals surface area contributed by atoms with Crippen molar-refractivity contribution in [2.45, 2.75) is 64.6 Å². The summed E-state index contributed by atoms with van der Waals surface area (Å²) in [6, 6.07) is 19.0. The number of carbonyl (C=O) groups excluding carboxylic acids is 4. The zero-order chi connectivity index (χ0) is 30.8. The molecule has 236 valence electrons. The molecule has 0 aliphatic heterocycles. The lowest BCUT2D eigenvalue weighted by atomic mass is 10.2. The van der Waals surface area contributed by atoms with Gasteiger partial charge in [-0.2, -0.15) is 0 Å². The maximum Gasteiger partial charge on any atom is 0.407 e. The third kappa shape index (κ3) is 19.6. The van der Waals surface area contributed by atoms with Gasteiger partial charge in [-0.15, -0.1) is 0 Å². The average Bonchev–Trinajstić information content (AvgIpc) is 3.02. The second-order valence-electron chi connectivity index (χ2n) is 10.0. The number of rotatable bonds is 22. The fraction of sp³-hybridized carbons (Fsp3) is 0.500. The Morgan fingerprint density at radius 1 is 0.465 bits per heavy atom. The van der Waals surface area contributed by atoms with Gasteiger partial charge in [0.2, 0.25) is 11.8 Å². The maximum absolute atomic E-state index is 12.0. The van der Waals surface area contributed by atoms with E-state index in [-0.39, 0.29) is 25.0 Å². The van der Waals surface area contributed by atoms with E-state index in [1.807, 2.05) is 60.7 Å². The smallest absolute Gasteiger partial charge is 0.407 e. The van der Waals surface area contributed by atoms with Crippen LogP contribution in [0.2, 0.25) is 0 Å². The van der Waals surface area contributed by atoms with Gasteiger partial charge in [0.05, 0.1) is 0 Å². The van der Waals surface area contributed by atoms with Crippen molar-refractivity contribution in [3.63, 3.8) is 0 Å². The van der Waals surface area contributed by atoms with Crippen molar-refractivity contribution in [3.05, 3.63) is 71.8 Å². The van der Waals surface area contributed by atoms with Gasteiger partial charge in [-0.25, -0.2) is 9.59 Å². The Labute approximate surface area is 254 Å². The van der Waals surface area contributed by atoms with E-state index in [2.05, 4.69) is 26.6 Å². The number of carbonyl (C=O) groups is 4. The number of hydrogen-bond donors (Lipinski definition) is 5. The highest BCUT2D eigenvalue weighted by Gasteiger charge is 2.05. The predicted molar refractivity (Wildman–Crippen MR) is 165 cm³/mol. The normalized spacial score (nSPS) is 10.4. The fourth-order valence-electron chi connectivity index (χ4n) is 3.99. The molecule has 5 N–H and O–H groups in total. The molecule has 0 heterocycles. The third-order valence-electron chi connectivity index (χ3n) is 6.37. The standard InChI is InChI=1S/C32H47N5O6/c38-29(17-9-3-11-19-36-31(40)42-25-27-13-5-1-6-14-27)34-23-21-33-22-24-35-30(39)18-10-4-12-20-37-32(41)43-26-28-15-7-2-8-16-28/h1-2,5-8,13-16,33H,3-4,9-12,17-26H2,(H,34,38)(H,35,39)(H,36,40)(H,37,41). The van der Waals surface area contributed by atoms with E-state index in [9.17, 15) is 19.2 Å². The summed E-state index contributed by atoms with van der Waals surface area (Å²) in [6.45, 7) is 3.81. The van der Waals surface area contributed by atoms with Gasteiger partial charge in [-0.3, -0.25) is 9.59 Å². The molecule has 2 rings (SSSR count). The van der Waals surface area contributed by atoms with E-state index in [1.54, 1.807) is 0 Å². The number of benzene rings is 2. The van der Waals surface area contributed by atoms with Crippen molar-refractivity contribution in [1.82, 2.24) is 26.6 Å². The molecule has 0 saturated heterocycles. The molecule has 4 amide bonds. The molecular formula is C32H47N5O6. The van der Waals surface area contributed by atoms with Crippen LogP contribution in [0.15, 0.2) is 60.7 Å². The molecule has 11 heteroatoms. The second-order valence-corrected chi connectivity index (χ2v) is 10.0. The molecule has 2 aromatic rings. The van der Waals surface area contributed by atoms with Gasteiger partial charge in [-0.1, -0.05) is 73.5 Å². The van der Waals surface area contributed by atoms with Gasteiger partial charge in [0.1, 0.15) is 13.2 Å². The van der Waals surface area contributed by atoms with Crippen molar-refractivity contribution in [2.75, 3.05) is 39.3 Å². The lowest BCUT2D eigenvalue weighted by Crippen LogP contribution is -2.36. The molecule has 43 heavy (non-hydrogen) atoms. The lowest BCUT2D eigenvalue weighted by molar-refractivity contribution is -0.121. The number of hydrogen-bond acceptors (Lipinski definition) is 7. The van der Waals surface area contributed by atoms with Crippen LogP contribution in [0, 0.1) is 0 Å². The minimum absolute atomic E-state index is 0.00427. The number of alkyl carbamates (subject to hydrolysis) is 2. The van der Waals surface area contributed by atoms with Gasteiger partial charge < -0.3 is 36.1 Å². The summed E-state index contributed by atoms with van der Waals surface area (Å²) in [5.41, 5.74) is 1.88. The number of nitrogens with one attached hydrogen (secondary N) is 5. The van der Waals surface area contributed by atoms with Crippen LogP contribution in [0.1, 0.15) is 62.5 Å². The van der Waals surface area contributed by atoms with Gasteiger partial charge in [0.25, 0.3) is 0 Å². The first-order valence-corrected chi connectivity index (χ1v) is 15.2. The largest absolute Gasteiger partial charge is 0.445 e. The van der Waals surface area contributed by atoms with Crippen LogP contribution in [-0.4, -0.2) is 63.3 Å². The first kappa shape index (κ1) is 35.1. The van der Waals surface area contributed by atoms with E-state index < -0.39 is 12.2 Å². The molecule has 0 radical (unpaired) electrons.